The maximum atomic E-state index is 12.7. The van der Waals surface area contributed by atoms with E-state index in [0.717, 1.165) is 31.4 Å². The second-order valence-electron chi connectivity index (χ2n) is 7.55. The molecule has 3 heteroatoms. The van der Waals surface area contributed by atoms with Crippen LogP contribution in [-0.2, 0) is 11.2 Å². The summed E-state index contributed by atoms with van der Waals surface area (Å²) >= 11 is 6.16. The Kier molecular flexibility index (Phi) is 3.57. The number of carbonyl (C=O) groups is 1. The maximum absolute atomic E-state index is 12.7. The van der Waals surface area contributed by atoms with Gasteiger partial charge in [0.05, 0.1) is 12.1 Å². The first-order valence-electron chi connectivity index (χ1n) is 8.62. The average molecular weight is 331 g/mol. The largest absolute Gasteiger partial charge is 0.497 e. The van der Waals surface area contributed by atoms with Crippen molar-refractivity contribution < 1.29 is 9.53 Å². The number of halogens is 1. The van der Waals surface area contributed by atoms with Crippen LogP contribution in [0.5, 0.6) is 5.75 Å². The van der Waals surface area contributed by atoms with Crippen molar-refractivity contribution in [3.05, 3.63) is 40.4 Å². The Bertz CT molecular complexity index is 693. The minimum absolute atomic E-state index is 0.175. The van der Waals surface area contributed by atoms with Crippen molar-refractivity contribution in [2.24, 2.45) is 17.3 Å². The number of allylic oxidation sites excluding steroid dienone is 2. The van der Waals surface area contributed by atoms with Crippen LogP contribution in [0.4, 0.5) is 0 Å². The lowest BCUT2D eigenvalue weighted by molar-refractivity contribution is -0.132. The van der Waals surface area contributed by atoms with E-state index in [4.69, 9.17) is 16.3 Å². The Labute approximate surface area is 142 Å². The second-order valence-corrected chi connectivity index (χ2v) is 7.96. The number of carbonyl (C=O) groups excluding carboxylic acids is 1. The van der Waals surface area contributed by atoms with E-state index in [1.807, 2.05) is 6.08 Å². The van der Waals surface area contributed by atoms with Gasteiger partial charge in [0.1, 0.15) is 5.75 Å². The Morgan fingerprint density at radius 3 is 2.91 bits per heavy atom. The third-order valence-corrected chi connectivity index (χ3v) is 6.94. The van der Waals surface area contributed by atoms with Gasteiger partial charge in [0, 0.05) is 5.41 Å². The minimum Gasteiger partial charge on any atom is -0.497 e. The van der Waals surface area contributed by atoms with Gasteiger partial charge in [0.2, 0.25) is 0 Å². The van der Waals surface area contributed by atoms with Crippen molar-refractivity contribution in [1.82, 2.24) is 0 Å². The first kappa shape index (κ1) is 15.3. The van der Waals surface area contributed by atoms with E-state index in [2.05, 4.69) is 25.1 Å². The van der Waals surface area contributed by atoms with Gasteiger partial charge < -0.3 is 4.74 Å². The Hall–Kier alpha value is -1.28. The van der Waals surface area contributed by atoms with E-state index in [1.54, 1.807) is 7.11 Å². The summed E-state index contributed by atoms with van der Waals surface area (Å²) in [6.07, 6.45) is 7.21. The Balaban J connectivity index is 1.71. The number of rotatable bonds is 1. The lowest BCUT2D eigenvalue weighted by atomic mass is 9.51. The zero-order valence-corrected chi connectivity index (χ0v) is 14.5. The molecule has 2 nitrogen and oxygen atoms in total. The fraction of sp³-hybridized carbons (Fsp3) is 0.550. The number of benzene rings is 1. The number of Topliss-reactive ketones (excluding diaryl/α,β-unsaturated/α-hetero) is 1. The highest BCUT2D eigenvalue weighted by Crippen LogP contribution is 2.58. The quantitative estimate of drug-likeness (QED) is 0.735. The highest BCUT2D eigenvalue weighted by Gasteiger charge is 2.53. The van der Waals surface area contributed by atoms with Crippen LogP contribution in [-0.4, -0.2) is 12.9 Å². The molecule has 0 unspecified atom stereocenters. The Morgan fingerprint density at radius 2 is 2.13 bits per heavy atom. The van der Waals surface area contributed by atoms with Gasteiger partial charge in [0.15, 0.2) is 5.78 Å². The molecule has 0 N–H and O–H groups in total. The van der Waals surface area contributed by atoms with Crippen molar-refractivity contribution in [3.8, 4) is 5.75 Å². The molecule has 122 valence electrons. The van der Waals surface area contributed by atoms with E-state index in [0.29, 0.717) is 22.8 Å². The Morgan fingerprint density at radius 1 is 1.30 bits per heavy atom. The fourth-order valence-electron chi connectivity index (χ4n) is 5.32. The summed E-state index contributed by atoms with van der Waals surface area (Å²) in [5.74, 6) is 2.74. The lowest BCUT2D eigenvalue weighted by Crippen LogP contribution is -2.48. The molecular weight excluding hydrogens is 308 g/mol. The van der Waals surface area contributed by atoms with Crippen LogP contribution in [0.15, 0.2) is 29.3 Å². The van der Waals surface area contributed by atoms with E-state index in [9.17, 15) is 4.79 Å². The van der Waals surface area contributed by atoms with Gasteiger partial charge in [-0.05, 0) is 73.1 Å². The van der Waals surface area contributed by atoms with E-state index in [1.165, 1.54) is 17.5 Å². The van der Waals surface area contributed by atoms with Crippen LogP contribution in [0, 0.1) is 17.3 Å². The molecule has 0 amide bonds. The number of hydrogen-bond acceptors (Lipinski definition) is 2. The van der Waals surface area contributed by atoms with Crippen molar-refractivity contribution >= 4 is 17.4 Å². The third kappa shape index (κ3) is 2.18. The predicted octanol–water partition coefficient (Wildman–Crippen LogP) is 4.85. The number of ether oxygens (including phenoxy) is 1. The van der Waals surface area contributed by atoms with E-state index >= 15 is 0 Å². The fourth-order valence-corrected chi connectivity index (χ4v) is 5.62. The van der Waals surface area contributed by atoms with E-state index < -0.39 is 0 Å². The summed E-state index contributed by atoms with van der Waals surface area (Å²) in [6, 6.07) is 6.53. The molecule has 0 radical (unpaired) electrons. The molecule has 1 fully saturated rings. The van der Waals surface area contributed by atoms with E-state index in [-0.39, 0.29) is 11.2 Å². The highest BCUT2D eigenvalue weighted by atomic mass is 35.5. The van der Waals surface area contributed by atoms with Gasteiger partial charge in [-0.1, -0.05) is 30.7 Å². The van der Waals surface area contributed by atoms with Crippen LogP contribution in [0.25, 0.3) is 0 Å². The molecule has 3 aliphatic carbocycles. The maximum Gasteiger partial charge on any atom is 0.180 e. The summed E-state index contributed by atoms with van der Waals surface area (Å²) in [4.78, 5) is 12.7. The van der Waals surface area contributed by atoms with Gasteiger partial charge in [-0.15, -0.1) is 0 Å². The van der Waals surface area contributed by atoms with Crippen LogP contribution in [0.3, 0.4) is 0 Å². The molecule has 0 heterocycles. The van der Waals surface area contributed by atoms with Crippen LogP contribution in [0.1, 0.15) is 49.7 Å². The molecule has 0 aliphatic heterocycles. The van der Waals surface area contributed by atoms with Gasteiger partial charge >= 0.3 is 0 Å². The summed E-state index contributed by atoms with van der Waals surface area (Å²) in [5, 5.41) is 0.461. The standard InChI is InChI=1S/C20H23ClO2/c1-20-10-9-15-14-6-4-13(23-2)11-12(14)3-5-16(15)17(20)7-8-18(21)19(20)22/h4,6,8,11,15-17H,3,5,7,9-10H2,1-2H3/t15-,16-,17+,20+/m1/s1. The molecule has 0 bridgehead atoms. The van der Waals surface area contributed by atoms with Gasteiger partial charge in [0.25, 0.3) is 0 Å². The number of aryl methyl sites for hydroxylation is 1. The second kappa shape index (κ2) is 5.37. The van der Waals surface area contributed by atoms with Gasteiger partial charge in [-0.2, -0.15) is 0 Å². The summed E-state index contributed by atoms with van der Waals surface area (Å²) in [6.45, 7) is 2.15. The zero-order chi connectivity index (χ0) is 16.2. The van der Waals surface area contributed by atoms with Crippen LogP contribution >= 0.6 is 11.6 Å². The predicted molar refractivity (Wildman–Crippen MR) is 91.9 cm³/mol. The lowest BCUT2D eigenvalue weighted by Gasteiger charge is -2.52. The molecular formula is C20H23ClO2. The monoisotopic (exact) mass is 330 g/mol. The first-order valence-corrected chi connectivity index (χ1v) is 8.99. The summed E-state index contributed by atoms with van der Waals surface area (Å²) < 4.78 is 5.38. The topological polar surface area (TPSA) is 26.3 Å². The first-order chi connectivity index (χ1) is 11.0. The molecule has 4 rings (SSSR count). The van der Waals surface area contributed by atoms with Crippen LogP contribution in [0.2, 0.25) is 0 Å². The third-order valence-electron chi connectivity index (χ3n) is 6.61. The molecule has 3 aliphatic rings. The smallest absolute Gasteiger partial charge is 0.180 e. The number of hydrogen-bond donors (Lipinski definition) is 0. The van der Waals surface area contributed by atoms with Gasteiger partial charge in [-0.3, -0.25) is 4.79 Å². The van der Waals surface area contributed by atoms with Crippen molar-refractivity contribution in [2.75, 3.05) is 7.11 Å². The molecule has 23 heavy (non-hydrogen) atoms. The molecule has 0 aromatic heterocycles. The molecule has 1 aromatic carbocycles. The summed E-state index contributed by atoms with van der Waals surface area (Å²) in [7, 11) is 1.73. The zero-order valence-electron chi connectivity index (χ0n) is 13.8. The van der Waals surface area contributed by atoms with Crippen LogP contribution < -0.4 is 4.74 Å². The molecule has 0 spiro atoms. The number of ketones is 1. The van der Waals surface area contributed by atoms with Crippen molar-refractivity contribution in [2.45, 2.75) is 44.9 Å². The molecule has 0 saturated heterocycles. The van der Waals surface area contributed by atoms with Gasteiger partial charge in [-0.25, -0.2) is 0 Å². The normalized spacial score (nSPS) is 35.7. The number of fused-ring (bicyclic) bond motifs is 5. The molecule has 4 atom stereocenters. The minimum atomic E-state index is -0.253. The molecule has 1 saturated carbocycles. The number of methoxy groups -OCH3 is 1. The van der Waals surface area contributed by atoms with Crippen molar-refractivity contribution in [3.63, 3.8) is 0 Å². The molecule has 1 aromatic rings. The SMILES string of the molecule is COc1ccc2c(c1)CC[C@@H]1[C@@H]2CC[C@]2(C)C(=O)C(Cl)=CC[C@@H]12. The average Bonchev–Trinajstić information content (AvgIpc) is 2.57. The highest BCUT2D eigenvalue weighted by molar-refractivity contribution is 6.43. The van der Waals surface area contributed by atoms with Crippen molar-refractivity contribution in [1.29, 1.82) is 0 Å². The summed E-state index contributed by atoms with van der Waals surface area (Å²) in [5.41, 5.74) is 2.67.